The minimum absolute atomic E-state index is 0.0351. The minimum Gasteiger partial charge on any atom is -0.480 e. The van der Waals surface area contributed by atoms with Crippen molar-refractivity contribution >= 4 is 15.9 Å². The van der Waals surface area contributed by atoms with Crippen molar-refractivity contribution in [3.63, 3.8) is 0 Å². The van der Waals surface area contributed by atoms with Gasteiger partial charge in [-0.3, -0.25) is 4.79 Å². The molecule has 0 spiro atoms. The Morgan fingerprint density at radius 1 is 1.21 bits per heavy atom. The van der Waals surface area contributed by atoms with Gasteiger partial charge in [-0.1, -0.05) is 32.0 Å². The molecule has 2 rings (SSSR count). The van der Waals surface area contributed by atoms with E-state index in [0.29, 0.717) is 18.9 Å². The van der Waals surface area contributed by atoms with E-state index in [1.807, 2.05) is 38.1 Å². The lowest BCUT2D eigenvalue weighted by atomic mass is 9.82. The predicted molar refractivity (Wildman–Crippen MR) is 113 cm³/mol. The first-order chi connectivity index (χ1) is 13.7. The van der Waals surface area contributed by atoms with Gasteiger partial charge in [-0.2, -0.15) is 0 Å². The smallest absolute Gasteiger partial charge is 0.261 e. The highest BCUT2D eigenvalue weighted by Crippen LogP contribution is 2.37. The summed E-state index contributed by atoms with van der Waals surface area (Å²) in [5.41, 5.74) is 1.09. The minimum atomic E-state index is -3.24. The molecule has 1 fully saturated rings. The van der Waals surface area contributed by atoms with Gasteiger partial charge < -0.3 is 15.2 Å². The average Bonchev–Trinajstić information content (AvgIpc) is 2.69. The molecule has 0 aromatic heterocycles. The quantitative estimate of drug-likeness (QED) is 0.532. The molecule has 3 N–H and O–H groups in total. The third-order valence-corrected chi connectivity index (χ3v) is 6.00. The first-order valence-corrected chi connectivity index (χ1v) is 12.2. The van der Waals surface area contributed by atoms with Crippen LogP contribution in [-0.4, -0.2) is 51.0 Å². The molecule has 1 aromatic rings. The van der Waals surface area contributed by atoms with E-state index in [-0.39, 0.29) is 24.5 Å². The van der Waals surface area contributed by atoms with Gasteiger partial charge in [0.1, 0.15) is 5.75 Å². The van der Waals surface area contributed by atoms with Crippen molar-refractivity contribution in [2.75, 3.05) is 19.3 Å². The van der Waals surface area contributed by atoms with E-state index >= 15 is 0 Å². The summed E-state index contributed by atoms with van der Waals surface area (Å²) >= 11 is 0. The number of aliphatic hydroxyl groups is 1. The second-order valence-electron chi connectivity index (χ2n) is 8.03. The van der Waals surface area contributed by atoms with E-state index in [9.17, 15) is 18.3 Å². The van der Waals surface area contributed by atoms with E-state index < -0.39 is 16.1 Å². The van der Waals surface area contributed by atoms with Crippen LogP contribution in [0, 0.1) is 5.92 Å². The fourth-order valence-electron chi connectivity index (χ4n) is 3.54. The van der Waals surface area contributed by atoms with Crippen LogP contribution < -0.4 is 14.8 Å². The highest BCUT2D eigenvalue weighted by Gasteiger charge is 2.25. The highest BCUT2D eigenvalue weighted by molar-refractivity contribution is 7.88. The molecule has 1 aromatic carbocycles. The van der Waals surface area contributed by atoms with E-state index in [1.54, 1.807) is 0 Å². The Hall–Kier alpha value is -1.64. The molecule has 8 heteroatoms. The molecule has 29 heavy (non-hydrogen) atoms. The molecule has 2 atom stereocenters. The summed E-state index contributed by atoms with van der Waals surface area (Å²) in [4.78, 5) is 12.6. The standard InChI is InChI=1S/C21H34N2O5S/c1-4-19(21(25)22-13-15(2)14-23-29(3,26)27)28-20-8-6-5-7-18(20)16-9-11-17(24)12-10-16/h5-8,15-17,19,23-24H,4,9-14H2,1-3H3,(H,22,25)/t15?,16?,17?,19-/m1/s1. The SMILES string of the molecule is CC[C@@H](Oc1ccccc1C1CCC(O)CC1)C(=O)NCC(C)CNS(C)(=O)=O. The Bertz CT molecular complexity index is 760. The van der Waals surface area contributed by atoms with Crippen LogP contribution in [0.2, 0.25) is 0 Å². The lowest BCUT2D eigenvalue weighted by Crippen LogP contribution is -2.41. The number of rotatable bonds is 10. The maximum Gasteiger partial charge on any atom is 0.261 e. The van der Waals surface area contributed by atoms with Gasteiger partial charge in [-0.25, -0.2) is 13.1 Å². The molecular formula is C21H34N2O5S. The first kappa shape index (κ1) is 23.6. The zero-order valence-electron chi connectivity index (χ0n) is 17.6. The number of sulfonamides is 1. The summed E-state index contributed by atoms with van der Waals surface area (Å²) in [7, 11) is -3.24. The van der Waals surface area contributed by atoms with Crippen LogP contribution in [0.1, 0.15) is 57.4 Å². The molecule has 7 nitrogen and oxygen atoms in total. The molecule has 0 bridgehead atoms. The summed E-state index contributed by atoms with van der Waals surface area (Å²) in [5, 5.41) is 12.6. The van der Waals surface area contributed by atoms with Crippen molar-refractivity contribution < 1.29 is 23.1 Å². The maximum absolute atomic E-state index is 12.6. The molecular weight excluding hydrogens is 392 g/mol. The number of carbonyl (C=O) groups is 1. The van der Waals surface area contributed by atoms with Crippen molar-refractivity contribution in [1.29, 1.82) is 0 Å². The molecule has 164 valence electrons. The van der Waals surface area contributed by atoms with Crippen LogP contribution in [0.3, 0.4) is 0 Å². The number of para-hydroxylation sites is 1. The largest absolute Gasteiger partial charge is 0.480 e. The van der Waals surface area contributed by atoms with E-state index in [0.717, 1.165) is 43.3 Å². The van der Waals surface area contributed by atoms with Crippen molar-refractivity contribution in [1.82, 2.24) is 10.0 Å². The Labute approximate surface area is 174 Å². The van der Waals surface area contributed by atoms with E-state index in [2.05, 4.69) is 10.0 Å². The molecule has 0 aliphatic heterocycles. The van der Waals surface area contributed by atoms with Crippen LogP contribution in [-0.2, 0) is 14.8 Å². The number of hydrogen-bond acceptors (Lipinski definition) is 5. The Balaban J connectivity index is 1.94. The lowest BCUT2D eigenvalue weighted by Gasteiger charge is -2.28. The fourth-order valence-corrected chi connectivity index (χ4v) is 4.13. The maximum atomic E-state index is 12.6. The average molecular weight is 427 g/mol. The molecule has 1 amide bonds. The Morgan fingerprint density at radius 3 is 2.48 bits per heavy atom. The summed E-state index contributed by atoms with van der Waals surface area (Å²) in [6.45, 7) is 4.40. The van der Waals surface area contributed by atoms with E-state index in [4.69, 9.17) is 4.74 Å². The van der Waals surface area contributed by atoms with Crippen molar-refractivity contribution in [2.45, 2.75) is 64.1 Å². The van der Waals surface area contributed by atoms with Crippen LogP contribution in [0.4, 0.5) is 0 Å². The van der Waals surface area contributed by atoms with Gasteiger partial charge in [0.25, 0.3) is 5.91 Å². The number of aliphatic hydroxyl groups excluding tert-OH is 1. The molecule has 0 heterocycles. The van der Waals surface area contributed by atoms with Crippen LogP contribution >= 0.6 is 0 Å². The third kappa shape index (κ3) is 7.95. The number of carbonyl (C=O) groups excluding carboxylic acids is 1. The van der Waals surface area contributed by atoms with Crippen molar-refractivity contribution in [3.8, 4) is 5.75 Å². The van der Waals surface area contributed by atoms with Gasteiger partial charge in [0, 0.05) is 13.1 Å². The molecule has 1 aliphatic carbocycles. The molecule has 1 aliphatic rings. The topological polar surface area (TPSA) is 105 Å². The van der Waals surface area contributed by atoms with Gasteiger partial charge in [0.05, 0.1) is 12.4 Å². The number of nitrogens with one attached hydrogen (secondary N) is 2. The Kier molecular flexibility index (Phi) is 8.92. The van der Waals surface area contributed by atoms with Crippen LogP contribution in [0.5, 0.6) is 5.75 Å². The van der Waals surface area contributed by atoms with Gasteiger partial charge in [0.2, 0.25) is 10.0 Å². The van der Waals surface area contributed by atoms with E-state index in [1.165, 1.54) is 0 Å². The van der Waals surface area contributed by atoms with Crippen LogP contribution in [0.25, 0.3) is 0 Å². The number of hydrogen-bond donors (Lipinski definition) is 3. The third-order valence-electron chi connectivity index (χ3n) is 5.31. The predicted octanol–water partition coefficient (Wildman–Crippen LogP) is 2.16. The summed E-state index contributed by atoms with van der Waals surface area (Å²) in [6.07, 6.45) is 4.22. The number of benzene rings is 1. The monoisotopic (exact) mass is 426 g/mol. The number of amides is 1. The molecule has 1 unspecified atom stereocenters. The lowest BCUT2D eigenvalue weighted by molar-refractivity contribution is -0.128. The van der Waals surface area contributed by atoms with Gasteiger partial charge in [-0.15, -0.1) is 0 Å². The van der Waals surface area contributed by atoms with Gasteiger partial charge >= 0.3 is 0 Å². The van der Waals surface area contributed by atoms with Crippen molar-refractivity contribution in [3.05, 3.63) is 29.8 Å². The molecule has 0 saturated heterocycles. The summed E-state index contributed by atoms with van der Waals surface area (Å²) in [6, 6.07) is 7.82. The summed E-state index contributed by atoms with van der Waals surface area (Å²) in [5.74, 6) is 0.819. The first-order valence-electron chi connectivity index (χ1n) is 10.4. The van der Waals surface area contributed by atoms with Gasteiger partial charge in [-0.05, 0) is 55.6 Å². The zero-order valence-corrected chi connectivity index (χ0v) is 18.4. The molecule has 0 radical (unpaired) electrons. The second-order valence-corrected chi connectivity index (χ2v) is 9.86. The zero-order chi connectivity index (χ0) is 21.4. The van der Waals surface area contributed by atoms with Crippen molar-refractivity contribution in [2.24, 2.45) is 5.92 Å². The van der Waals surface area contributed by atoms with Crippen LogP contribution in [0.15, 0.2) is 24.3 Å². The molecule has 1 saturated carbocycles. The highest BCUT2D eigenvalue weighted by atomic mass is 32.2. The Morgan fingerprint density at radius 2 is 1.86 bits per heavy atom. The second kappa shape index (κ2) is 10.9. The fraction of sp³-hybridized carbons (Fsp3) is 0.667. The normalized spacial score (nSPS) is 21.9. The van der Waals surface area contributed by atoms with Gasteiger partial charge in [0.15, 0.2) is 6.10 Å². The summed E-state index contributed by atoms with van der Waals surface area (Å²) < 4.78 is 30.9. The number of ether oxygens (including phenoxy) is 1.